The monoisotopic (exact) mass is 379 g/mol. The molecule has 2 saturated heterocycles. The van der Waals surface area contributed by atoms with E-state index in [2.05, 4.69) is 22.3 Å². The molecule has 0 spiro atoms. The first kappa shape index (κ1) is 18.7. The predicted molar refractivity (Wildman–Crippen MR) is 108 cm³/mol. The zero-order valence-corrected chi connectivity index (χ0v) is 15.8. The van der Waals surface area contributed by atoms with E-state index in [0.717, 1.165) is 36.4 Å². The standard InChI is InChI=1S/C22H25N3O3/c26-21(16-24-12-13-28-20(15-24)17-6-2-1-3-7-17)23-18-8-4-9-19(14-18)25-11-5-10-22(25)27/h1-4,6-9,14,20H,5,10-13,15-16H2,(H,23,26). The topological polar surface area (TPSA) is 61.9 Å². The van der Waals surface area contributed by atoms with Gasteiger partial charge in [-0.3, -0.25) is 14.5 Å². The lowest BCUT2D eigenvalue weighted by molar-refractivity contribution is -0.119. The quantitative estimate of drug-likeness (QED) is 0.868. The van der Waals surface area contributed by atoms with Crippen LogP contribution in [0.5, 0.6) is 0 Å². The number of hydrogen-bond acceptors (Lipinski definition) is 4. The molecule has 1 N–H and O–H groups in total. The van der Waals surface area contributed by atoms with E-state index in [9.17, 15) is 9.59 Å². The maximum Gasteiger partial charge on any atom is 0.238 e. The van der Waals surface area contributed by atoms with Gasteiger partial charge in [0.05, 0.1) is 19.3 Å². The highest BCUT2D eigenvalue weighted by Crippen LogP contribution is 2.25. The Kier molecular flexibility index (Phi) is 5.69. The van der Waals surface area contributed by atoms with E-state index in [0.29, 0.717) is 26.1 Å². The first-order valence-corrected chi connectivity index (χ1v) is 9.78. The molecule has 2 heterocycles. The van der Waals surface area contributed by atoms with Crippen LogP contribution in [0.2, 0.25) is 0 Å². The van der Waals surface area contributed by atoms with Gasteiger partial charge >= 0.3 is 0 Å². The Morgan fingerprint density at radius 1 is 1.11 bits per heavy atom. The Morgan fingerprint density at radius 3 is 2.75 bits per heavy atom. The summed E-state index contributed by atoms with van der Waals surface area (Å²) in [5.41, 5.74) is 2.70. The van der Waals surface area contributed by atoms with Gasteiger partial charge in [-0.15, -0.1) is 0 Å². The van der Waals surface area contributed by atoms with Crippen molar-refractivity contribution in [2.24, 2.45) is 0 Å². The smallest absolute Gasteiger partial charge is 0.238 e. The first-order valence-electron chi connectivity index (χ1n) is 9.78. The van der Waals surface area contributed by atoms with Crippen molar-refractivity contribution in [3.63, 3.8) is 0 Å². The zero-order valence-electron chi connectivity index (χ0n) is 15.8. The fraction of sp³-hybridized carbons (Fsp3) is 0.364. The second kappa shape index (κ2) is 8.54. The van der Waals surface area contributed by atoms with Crippen molar-refractivity contribution in [1.82, 2.24) is 4.90 Å². The lowest BCUT2D eigenvalue weighted by Gasteiger charge is -2.32. The fourth-order valence-corrected chi connectivity index (χ4v) is 3.79. The van der Waals surface area contributed by atoms with Crippen molar-refractivity contribution >= 4 is 23.2 Å². The molecule has 0 bridgehead atoms. The van der Waals surface area contributed by atoms with Crippen LogP contribution in [-0.4, -0.2) is 49.5 Å². The van der Waals surface area contributed by atoms with Crippen molar-refractivity contribution in [2.45, 2.75) is 18.9 Å². The van der Waals surface area contributed by atoms with Gasteiger partial charge in [-0.25, -0.2) is 0 Å². The molecule has 2 amide bonds. The van der Waals surface area contributed by atoms with Crippen molar-refractivity contribution in [3.8, 4) is 0 Å². The number of amides is 2. The number of anilines is 2. The maximum atomic E-state index is 12.5. The molecule has 1 unspecified atom stereocenters. The van der Waals surface area contributed by atoms with Crippen LogP contribution in [-0.2, 0) is 14.3 Å². The van der Waals surface area contributed by atoms with Gasteiger partial charge in [0.2, 0.25) is 11.8 Å². The fourth-order valence-electron chi connectivity index (χ4n) is 3.79. The Labute approximate surface area is 165 Å². The van der Waals surface area contributed by atoms with E-state index in [1.165, 1.54) is 0 Å². The van der Waals surface area contributed by atoms with Crippen LogP contribution in [0.1, 0.15) is 24.5 Å². The summed E-state index contributed by atoms with van der Waals surface area (Å²) in [5, 5.41) is 2.96. The molecule has 1 atom stereocenters. The minimum absolute atomic E-state index is 0.00717. The molecule has 0 aliphatic carbocycles. The number of carbonyl (C=O) groups is 2. The molecule has 2 aromatic rings. The third-order valence-corrected chi connectivity index (χ3v) is 5.20. The lowest BCUT2D eigenvalue weighted by Crippen LogP contribution is -2.42. The van der Waals surface area contributed by atoms with Gasteiger partial charge in [0.25, 0.3) is 0 Å². The summed E-state index contributed by atoms with van der Waals surface area (Å²) in [4.78, 5) is 28.4. The minimum atomic E-state index is -0.0568. The number of rotatable bonds is 5. The first-order chi connectivity index (χ1) is 13.7. The van der Waals surface area contributed by atoms with Crippen molar-refractivity contribution < 1.29 is 14.3 Å². The molecular weight excluding hydrogens is 354 g/mol. The molecule has 2 aliphatic rings. The number of carbonyl (C=O) groups excluding carboxylic acids is 2. The summed E-state index contributed by atoms with van der Waals surface area (Å²) >= 11 is 0. The van der Waals surface area contributed by atoms with Gasteiger partial charge in [-0.05, 0) is 30.2 Å². The van der Waals surface area contributed by atoms with Gasteiger partial charge in [0.1, 0.15) is 0 Å². The highest BCUT2D eigenvalue weighted by molar-refractivity contribution is 5.97. The highest BCUT2D eigenvalue weighted by Gasteiger charge is 2.24. The molecule has 2 aromatic carbocycles. The maximum absolute atomic E-state index is 12.5. The minimum Gasteiger partial charge on any atom is -0.371 e. The van der Waals surface area contributed by atoms with Crippen molar-refractivity contribution in [2.75, 3.05) is 43.0 Å². The second-order valence-electron chi connectivity index (χ2n) is 7.25. The van der Waals surface area contributed by atoms with E-state index in [1.54, 1.807) is 4.90 Å². The van der Waals surface area contributed by atoms with E-state index in [4.69, 9.17) is 4.74 Å². The van der Waals surface area contributed by atoms with Crippen LogP contribution in [0, 0.1) is 0 Å². The Hall–Kier alpha value is -2.70. The van der Waals surface area contributed by atoms with E-state index in [-0.39, 0.29) is 17.9 Å². The average Bonchev–Trinajstić information content (AvgIpc) is 3.15. The Balaban J connectivity index is 1.35. The third kappa shape index (κ3) is 4.40. The molecule has 4 rings (SSSR count). The Morgan fingerprint density at radius 2 is 1.96 bits per heavy atom. The SMILES string of the molecule is O=C(CN1CCOC(c2ccccc2)C1)Nc1cccc(N2CCCC2=O)c1. The zero-order chi connectivity index (χ0) is 19.3. The van der Waals surface area contributed by atoms with Crippen LogP contribution < -0.4 is 10.2 Å². The molecule has 0 saturated carbocycles. The molecule has 0 radical (unpaired) electrons. The van der Waals surface area contributed by atoms with Crippen LogP contribution in [0.15, 0.2) is 54.6 Å². The van der Waals surface area contributed by atoms with E-state index in [1.807, 2.05) is 42.5 Å². The molecule has 28 heavy (non-hydrogen) atoms. The van der Waals surface area contributed by atoms with Crippen LogP contribution in [0.25, 0.3) is 0 Å². The Bertz CT molecular complexity index is 840. The molecule has 0 aromatic heterocycles. The van der Waals surface area contributed by atoms with Gasteiger partial charge in [-0.1, -0.05) is 36.4 Å². The average molecular weight is 379 g/mol. The summed E-state index contributed by atoms with van der Waals surface area (Å²) in [5.74, 6) is 0.0855. The highest BCUT2D eigenvalue weighted by atomic mass is 16.5. The summed E-state index contributed by atoms with van der Waals surface area (Å²) in [6, 6.07) is 17.6. The second-order valence-corrected chi connectivity index (χ2v) is 7.25. The summed E-state index contributed by atoms with van der Waals surface area (Å²) in [6.07, 6.45) is 1.47. The van der Waals surface area contributed by atoms with Crippen molar-refractivity contribution in [3.05, 3.63) is 60.2 Å². The van der Waals surface area contributed by atoms with Crippen LogP contribution in [0.4, 0.5) is 11.4 Å². The van der Waals surface area contributed by atoms with Crippen LogP contribution >= 0.6 is 0 Å². The summed E-state index contributed by atoms with van der Waals surface area (Å²) < 4.78 is 5.87. The van der Waals surface area contributed by atoms with Gasteiger partial charge < -0.3 is 15.0 Å². The lowest BCUT2D eigenvalue weighted by atomic mass is 10.1. The van der Waals surface area contributed by atoms with E-state index >= 15 is 0 Å². The molecule has 2 aliphatic heterocycles. The van der Waals surface area contributed by atoms with Gasteiger partial charge in [0.15, 0.2) is 0 Å². The molecule has 6 nitrogen and oxygen atoms in total. The van der Waals surface area contributed by atoms with E-state index < -0.39 is 0 Å². The largest absolute Gasteiger partial charge is 0.371 e. The molecular formula is C22H25N3O3. The number of morpholine rings is 1. The van der Waals surface area contributed by atoms with Gasteiger partial charge in [0, 0.05) is 37.4 Å². The molecule has 2 fully saturated rings. The molecule has 6 heteroatoms. The number of nitrogens with one attached hydrogen (secondary N) is 1. The summed E-state index contributed by atoms with van der Waals surface area (Å²) in [7, 11) is 0. The molecule has 146 valence electrons. The third-order valence-electron chi connectivity index (χ3n) is 5.20. The summed E-state index contributed by atoms with van der Waals surface area (Å²) in [6.45, 7) is 3.10. The number of hydrogen-bond donors (Lipinski definition) is 1. The van der Waals surface area contributed by atoms with Crippen LogP contribution in [0.3, 0.4) is 0 Å². The number of ether oxygens (including phenoxy) is 1. The van der Waals surface area contributed by atoms with Crippen molar-refractivity contribution in [1.29, 1.82) is 0 Å². The predicted octanol–water partition coefficient (Wildman–Crippen LogP) is 2.83. The normalized spacial score (nSPS) is 20.4. The number of benzene rings is 2. The van der Waals surface area contributed by atoms with Gasteiger partial charge in [-0.2, -0.15) is 0 Å². The number of nitrogens with zero attached hydrogens (tertiary/aromatic N) is 2.